The van der Waals surface area contributed by atoms with Gasteiger partial charge in [-0.25, -0.2) is 8.78 Å². The maximum absolute atomic E-state index is 13.0. The average Bonchev–Trinajstić information content (AvgIpc) is 2.86. The summed E-state index contributed by atoms with van der Waals surface area (Å²) in [5, 5.41) is 16.8. The summed E-state index contributed by atoms with van der Waals surface area (Å²) in [5.74, 6) is -1.14. The topological polar surface area (TPSA) is 50.1 Å². The molecule has 2 rings (SSSR count). The predicted octanol–water partition coefficient (Wildman–Crippen LogP) is 1.35. The lowest BCUT2D eigenvalue weighted by molar-refractivity contribution is 0.147. The summed E-state index contributed by atoms with van der Waals surface area (Å²) in [6.07, 6.45) is 3.37. The highest BCUT2D eigenvalue weighted by molar-refractivity contribution is 5.18. The van der Waals surface area contributed by atoms with Crippen molar-refractivity contribution in [1.29, 1.82) is 0 Å². The fourth-order valence-electron chi connectivity index (χ4n) is 1.95. The molecule has 0 bridgehead atoms. The predicted molar refractivity (Wildman–Crippen MR) is 71.2 cm³/mol. The van der Waals surface area contributed by atoms with Crippen LogP contribution >= 0.6 is 0 Å². The van der Waals surface area contributed by atoms with Crippen LogP contribution < -0.4 is 5.32 Å². The molecule has 0 spiro atoms. The Labute approximate surface area is 116 Å². The maximum atomic E-state index is 13.0. The fraction of sp³-hybridized carbons (Fsp3) is 0.357. The van der Waals surface area contributed by atoms with Crippen LogP contribution in [0.5, 0.6) is 0 Å². The van der Waals surface area contributed by atoms with Crippen LogP contribution in [-0.2, 0) is 13.0 Å². The lowest BCUT2D eigenvalue weighted by atomic mass is 10.1. The number of aromatic nitrogens is 2. The molecule has 1 aromatic heterocycles. The Balaban J connectivity index is 1.68. The number of nitrogens with zero attached hydrogens (tertiary/aromatic N) is 2. The highest BCUT2D eigenvalue weighted by Gasteiger charge is 2.05. The molecule has 2 N–H and O–H groups in total. The van der Waals surface area contributed by atoms with E-state index in [2.05, 4.69) is 10.4 Å². The van der Waals surface area contributed by atoms with Gasteiger partial charge in [0.15, 0.2) is 0 Å². The van der Waals surface area contributed by atoms with Crippen molar-refractivity contribution in [2.24, 2.45) is 0 Å². The fourth-order valence-corrected chi connectivity index (χ4v) is 1.95. The second kappa shape index (κ2) is 7.12. The van der Waals surface area contributed by atoms with Gasteiger partial charge in [-0.15, -0.1) is 0 Å². The third-order valence-corrected chi connectivity index (χ3v) is 2.85. The van der Waals surface area contributed by atoms with Crippen LogP contribution in [-0.4, -0.2) is 34.1 Å². The Morgan fingerprint density at radius 3 is 2.65 bits per heavy atom. The Morgan fingerprint density at radius 2 is 2.00 bits per heavy atom. The molecule has 0 saturated heterocycles. The summed E-state index contributed by atoms with van der Waals surface area (Å²) in [5.41, 5.74) is 0.594. The first-order valence-corrected chi connectivity index (χ1v) is 6.44. The van der Waals surface area contributed by atoms with Crippen LogP contribution in [0.2, 0.25) is 0 Å². The first-order chi connectivity index (χ1) is 9.63. The molecule has 4 nitrogen and oxygen atoms in total. The van der Waals surface area contributed by atoms with Gasteiger partial charge >= 0.3 is 0 Å². The van der Waals surface area contributed by atoms with E-state index in [0.29, 0.717) is 31.6 Å². The van der Waals surface area contributed by atoms with Gasteiger partial charge in [0, 0.05) is 25.0 Å². The van der Waals surface area contributed by atoms with Gasteiger partial charge in [0.1, 0.15) is 11.6 Å². The van der Waals surface area contributed by atoms with Crippen molar-refractivity contribution < 1.29 is 13.9 Å². The number of aliphatic hydroxyl groups excluding tert-OH is 1. The summed E-state index contributed by atoms with van der Waals surface area (Å²) >= 11 is 0. The number of aliphatic hydroxyl groups is 1. The molecule has 1 aromatic carbocycles. The second-order valence-electron chi connectivity index (χ2n) is 4.61. The molecule has 108 valence electrons. The number of hydrogen-bond donors (Lipinski definition) is 2. The molecule has 1 heterocycles. The number of hydrogen-bond acceptors (Lipinski definition) is 3. The van der Waals surface area contributed by atoms with Gasteiger partial charge < -0.3 is 10.4 Å². The van der Waals surface area contributed by atoms with Gasteiger partial charge in [-0.05, 0) is 36.7 Å². The van der Waals surface area contributed by atoms with E-state index < -0.39 is 17.7 Å². The monoisotopic (exact) mass is 281 g/mol. The van der Waals surface area contributed by atoms with Crippen molar-refractivity contribution >= 4 is 0 Å². The van der Waals surface area contributed by atoms with Crippen LogP contribution in [0.3, 0.4) is 0 Å². The zero-order chi connectivity index (χ0) is 14.4. The van der Waals surface area contributed by atoms with Gasteiger partial charge in [0.2, 0.25) is 0 Å². The van der Waals surface area contributed by atoms with Crippen molar-refractivity contribution in [3.8, 4) is 0 Å². The van der Waals surface area contributed by atoms with Crippen LogP contribution in [0.1, 0.15) is 5.56 Å². The molecule has 0 radical (unpaired) electrons. The third-order valence-electron chi connectivity index (χ3n) is 2.85. The highest BCUT2D eigenvalue weighted by atomic mass is 19.1. The van der Waals surface area contributed by atoms with Crippen molar-refractivity contribution in [2.75, 3.05) is 13.1 Å². The van der Waals surface area contributed by atoms with E-state index in [9.17, 15) is 13.9 Å². The zero-order valence-corrected chi connectivity index (χ0v) is 11.0. The van der Waals surface area contributed by atoms with Crippen LogP contribution in [0.15, 0.2) is 36.7 Å². The molecule has 20 heavy (non-hydrogen) atoms. The third kappa shape index (κ3) is 4.71. The number of halogens is 2. The van der Waals surface area contributed by atoms with Crippen molar-refractivity contribution in [3.63, 3.8) is 0 Å². The molecule has 0 amide bonds. The lowest BCUT2D eigenvalue weighted by Gasteiger charge is -2.12. The molecule has 0 aliphatic carbocycles. The molecule has 1 atom stereocenters. The summed E-state index contributed by atoms with van der Waals surface area (Å²) in [6.45, 7) is 1.35. The first-order valence-electron chi connectivity index (χ1n) is 6.44. The SMILES string of the molecule is OC(CNCCc1cc(F)cc(F)c1)Cn1cccn1. The zero-order valence-electron chi connectivity index (χ0n) is 11.0. The summed E-state index contributed by atoms with van der Waals surface area (Å²) < 4.78 is 27.6. The molecule has 0 aliphatic heterocycles. The van der Waals surface area contributed by atoms with E-state index in [0.717, 1.165) is 6.07 Å². The van der Waals surface area contributed by atoms with E-state index >= 15 is 0 Å². The van der Waals surface area contributed by atoms with Gasteiger partial charge in [-0.3, -0.25) is 4.68 Å². The normalized spacial score (nSPS) is 12.6. The standard InChI is InChI=1S/C14H17F2N3O/c15-12-6-11(7-13(16)8-12)2-4-17-9-14(20)10-19-5-1-3-18-19/h1,3,5-8,14,17,20H,2,4,9-10H2. The van der Waals surface area contributed by atoms with Gasteiger partial charge in [-0.1, -0.05) is 0 Å². The average molecular weight is 281 g/mol. The van der Waals surface area contributed by atoms with Crippen LogP contribution in [0.4, 0.5) is 8.78 Å². The van der Waals surface area contributed by atoms with E-state index in [-0.39, 0.29) is 0 Å². The molecule has 0 aliphatic rings. The maximum Gasteiger partial charge on any atom is 0.126 e. The largest absolute Gasteiger partial charge is 0.390 e. The van der Waals surface area contributed by atoms with E-state index in [1.165, 1.54) is 12.1 Å². The van der Waals surface area contributed by atoms with Gasteiger partial charge in [0.25, 0.3) is 0 Å². The second-order valence-corrected chi connectivity index (χ2v) is 4.61. The van der Waals surface area contributed by atoms with Crippen molar-refractivity contribution in [2.45, 2.75) is 19.1 Å². The smallest absolute Gasteiger partial charge is 0.126 e. The summed E-state index contributed by atoms with van der Waals surface area (Å²) in [7, 11) is 0. The Kier molecular flexibility index (Phi) is 5.20. The van der Waals surface area contributed by atoms with Gasteiger partial charge in [0.05, 0.1) is 12.6 Å². The molecule has 0 saturated carbocycles. The molecule has 6 heteroatoms. The van der Waals surface area contributed by atoms with Crippen LogP contribution in [0, 0.1) is 11.6 Å². The van der Waals surface area contributed by atoms with Crippen molar-refractivity contribution in [1.82, 2.24) is 15.1 Å². The number of benzene rings is 1. The quantitative estimate of drug-likeness (QED) is 0.753. The lowest BCUT2D eigenvalue weighted by Crippen LogP contribution is -2.31. The van der Waals surface area contributed by atoms with Gasteiger partial charge in [-0.2, -0.15) is 5.10 Å². The summed E-state index contributed by atoms with van der Waals surface area (Å²) in [4.78, 5) is 0. The Morgan fingerprint density at radius 1 is 1.25 bits per heavy atom. The minimum atomic E-state index is -0.571. The van der Waals surface area contributed by atoms with E-state index in [4.69, 9.17) is 0 Å². The van der Waals surface area contributed by atoms with E-state index in [1.54, 1.807) is 23.1 Å². The molecule has 0 fully saturated rings. The first kappa shape index (κ1) is 14.6. The number of nitrogens with one attached hydrogen (secondary N) is 1. The summed E-state index contributed by atoms with van der Waals surface area (Å²) in [6, 6.07) is 5.26. The minimum Gasteiger partial charge on any atom is -0.390 e. The van der Waals surface area contributed by atoms with Crippen molar-refractivity contribution in [3.05, 3.63) is 53.9 Å². The Hall–Kier alpha value is -1.79. The molecular weight excluding hydrogens is 264 g/mol. The molecule has 2 aromatic rings. The van der Waals surface area contributed by atoms with Crippen LogP contribution in [0.25, 0.3) is 0 Å². The Bertz CT molecular complexity index is 511. The number of rotatable bonds is 7. The van der Waals surface area contributed by atoms with E-state index in [1.807, 2.05) is 0 Å². The minimum absolute atomic E-state index is 0.400. The molecule has 1 unspecified atom stereocenters. The highest BCUT2D eigenvalue weighted by Crippen LogP contribution is 2.08. The molecular formula is C14H17F2N3O.